The predicted molar refractivity (Wildman–Crippen MR) is 217 cm³/mol. The molecule has 0 aliphatic heterocycles. The van der Waals surface area contributed by atoms with E-state index < -0.39 is 0 Å². The summed E-state index contributed by atoms with van der Waals surface area (Å²) in [7, 11) is 0. The monoisotopic (exact) mass is 877 g/mol. The number of nitrogens with zero attached hydrogens (tertiary/aromatic N) is 3. The van der Waals surface area contributed by atoms with Crippen molar-refractivity contribution in [3.05, 3.63) is 144 Å². The number of para-hydroxylation sites is 2. The van der Waals surface area contributed by atoms with E-state index in [1.807, 2.05) is 42.5 Å². The minimum atomic E-state index is 0. The number of hydrogen-bond acceptors (Lipinski definition) is 3. The molecule has 0 bridgehead atoms. The van der Waals surface area contributed by atoms with Crippen molar-refractivity contribution < 1.29 is 26.2 Å². The van der Waals surface area contributed by atoms with Crippen LogP contribution < -0.4 is 0 Å². The molecule has 53 heavy (non-hydrogen) atoms. The molecular weight excluding hydrogens is 830 g/mol. The second-order valence-electron chi connectivity index (χ2n) is 15.2. The summed E-state index contributed by atoms with van der Waals surface area (Å²) in [6.07, 6.45) is 0. The van der Waals surface area contributed by atoms with E-state index in [-0.39, 0.29) is 26.8 Å². The van der Waals surface area contributed by atoms with Gasteiger partial charge in [0.2, 0.25) is 0 Å². The van der Waals surface area contributed by atoms with E-state index in [0.717, 1.165) is 50.5 Å². The van der Waals surface area contributed by atoms with Crippen LogP contribution in [0.25, 0.3) is 61.8 Å². The number of phenolic OH excluding ortho intramolecular Hbond substituents is 1. The quantitative estimate of drug-likeness (QED) is 0.147. The Hall–Kier alpha value is -4.79. The molecule has 0 saturated carbocycles. The van der Waals surface area contributed by atoms with Crippen LogP contribution in [-0.2, 0) is 21.1 Å². The van der Waals surface area contributed by atoms with Gasteiger partial charge < -0.3 is 9.67 Å². The molecule has 0 fully saturated rings. The summed E-state index contributed by atoms with van der Waals surface area (Å²) in [5.41, 5.74) is 14.4. The first-order valence-corrected chi connectivity index (χ1v) is 18.6. The van der Waals surface area contributed by atoms with Crippen molar-refractivity contribution in [3.8, 4) is 56.5 Å². The molecular formula is C48H48N3OPt-. The molecule has 0 unspecified atom stereocenters. The van der Waals surface area contributed by atoms with Gasteiger partial charge in [0.15, 0.2) is 0 Å². The zero-order valence-corrected chi connectivity index (χ0v) is 34.2. The van der Waals surface area contributed by atoms with Crippen LogP contribution in [0, 0.1) is 6.07 Å². The van der Waals surface area contributed by atoms with Gasteiger partial charge in [-0.2, -0.15) is 0 Å². The fourth-order valence-electron chi connectivity index (χ4n) is 6.96. The number of pyridine rings is 1. The number of aromatic hydroxyl groups is 1. The number of hydrogen-bond donors (Lipinski definition) is 1. The summed E-state index contributed by atoms with van der Waals surface area (Å²) in [6, 6.07) is 43.5. The molecule has 0 spiro atoms. The van der Waals surface area contributed by atoms with Gasteiger partial charge in [0.05, 0.1) is 28.2 Å². The minimum Gasteiger partial charge on any atom is -0.507 e. The summed E-state index contributed by atoms with van der Waals surface area (Å²) in [5, 5.41) is 10.9. The first-order valence-electron chi connectivity index (χ1n) is 18.6. The minimum absolute atomic E-state index is 0. The van der Waals surface area contributed by atoms with Gasteiger partial charge >= 0.3 is 0 Å². The Balaban J connectivity index is 0.00000481. The van der Waals surface area contributed by atoms with E-state index >= 15 is 0 Å². The maximum absolute atomic E-state index is 10.9. The van der Waals surface area contributed by atoms with Crippen LogP contribution in [0.2, 0.25) is 0 Å². The molecule has 0 radical (unpaired) electrons. The van der Waals surface area contributed by atoms with E-state index in [2.05, 4.69) is 133 Å². The maximum atomic E-state index is 10.9. The molecule has 4 nitrogen and oxygen atoms in total. The van der Waals surface area contributed by atoms with Crippen LogP contribution in [0.15, 0.2) is 115 Å². The van der Waals surface area contributed by atoms with Gasteiger partial charge in [0, 0.05) is 43.4 Å². The van der Waals surface area contributed by atoms with Crippen molar-refractivity contribution in [3.63, 3.8) is 0 Å². The Morgan fingerprint density at radius 3 is 1.74 bits per heavy atom. The van der Waals surface area contributed by atoms with Crippen molar-refractivity contribution in [2.45, 2.75) is 79.1 Å². The van der Waals surface area contributed by atoms with Gasteiger partial charge in [-0.25, -0.2) is 4.98 Å². The van der Waals surface area contributed by atoms with Crippen molar-refractivity contribution >= 4 is 11.0 Å². The number of rotatable bonds is 9. The Labute approximate surface area is 329 Å². The van der Waals surface area contributed by atoms with Crippen molar-refractivity contribution in [2.24, 2.45) is 0 Å². The third-order valence-corrected chi connectivity index (χ3v) is 10.1. The molecule has 2 aromatic heterocycles. The average Bonchev–Trinajstić information content (AvgIpc) is 3.55. The first kappa shape index (κ1) is 37.9. The Morgan fingerprint density at radius 1 is 0.566 bits per heavy atom. The summed E-state index contributed by atoms with van der Waals surface area (Å²) >= 11 is 0. The summed E-state index contributed by atoms with van der Waals surface area (Å²) in [4.78, 5) is 10.9. The molecule has 272 valence electrons. The Morgan fingerprint density at radius 2 is 1.15 bits per heavy atom. The standard InChI is InChI=1S/C48H48N3O.Pt/c1-29(2)34-23-35(30(3)4)26-38(25-34)40-21-22-43(41-17-12-13-20-45(41)52)49-46(40)42-18-14-19-44-47(42)50-48(33-15-10-9-11-16-33)51(44)39-27-36(31(5)6)24-37(28-39)32(7)8;/h9-15,17-32,52H,1-8H3;/q-1;. The second kappa shape index (κ2) is 15.7. The number of benzene rings is 5. The van der Waals surface area contributed by atoms with Crippen molar-refractivity contribution in [1.29, 1.82) is 0 Å². The van der Waals surface area contributed by atoms with Gasteiger partial charge in [-0.3, -0.25) is 4.98 Å². The maximum Gasteiger partial charge on any atom is 0.124 e. The van der Waals surface area contributed by atoms with Crippen LogP contribution in [0.3, 0.4) is 0 Å². The summed E-state index contributed by atoms with van der Waals surface area (Å²) in [6.45, 7) is 18.0. The van der Waals surface area contributed by atoms with E-state index in [0.29, 0.717) is 34.9 Å². The zero-order valence-electron chi connectivity index (χ0n) is 31.9. The molecule has 0 aliphatic rings. The topological polar surface area (TPSA) is 50.9 Å². The molecule has 2 heterocycles. The molecule has 7 rings (SSSR count). The van der Waals surface area contributed by atoms with E-state index in [9.17, 15) is 5.11 Å². The number of imidazole rings is 1. The molecule has 5 heteroatoms. The van der Waals surface area contributed by atoms with Crippen LogP contribution >= 0.6 is 0 Å². The Bertz CT molecular complexity index is 2330. The van der Waals surface area contributed by atoms with Crippen LogP contribution in [0.1, 0.15) is 101 Å². The van der Waals surface area contributed by atoms with E-state index in [1.165, 1.54) is 22.3 Å². The normalized spacial score (nSPS) is 11.6. The van der Waals surface area contributed by atoms with Gasteiger partial charge in [0.25, 0.3) is 0 Å². The third kappa shape index (κ3) is 7.53. The molecule has 0 amide bonds. The van der Waals surface area contributed by atoms with Crippen molar-refractivity contribution in [1.82, 2.24) is 14.5 Å². The van der Waals surface area contributed by atoms with E-state index in [1.54, 1.807) is 6.07 Å². The number of fused-ring (bicyclic) bond motifs is 1. The van der Waals surface area contributed by atoms with Crippen LogP contribution in [0.5, 0.6) is 5.75 Å². The Kier molecular flexibility index (Phi) is 11.2. The first-order chi connectivity index (χ1) is 25.0. The molecule has 0 saturated heterocycles. The average molecular weight is 878 g/mol. The zero-order chi connectivity index (χ0) is 36.7. The van der Waals surface area contributed by atoms with Gasteiger partial charge in [-0.15, -0.1) is 35.9 Å². The van der Waals surface area contributed by atoms with Gasteiger partial charge in [0.1, 0.15) is 5.75 Å². The summed E-state index contributed by atoms with van der Waals surface area (Å²) in [5.74, 6) is 2.52. The molecule has 7 aromatic rings. The number of aromatic nitrogens is 3. The molecule has 1 N–H and O–H groups in total. The van der Waals surface area contributed by atoms with Crippen LogP contribution in [-0.4, -0.2) is 19.6 Å². The van der Waals surface area contributed by atoms with Crippen molar-refractivity contribution in [2.75, 3.05) is 0 Å². The second-order valence-corrected chi connectivity index (χ2v) is 15.2. The van der Waals surface area contributed by atoms with Gasteiger partial charge in [-0.1, -0.05) is 110 Å². The smallest absolute Gasteiger partial charge is 0.124 e. The molecule has 5 aromatic carbocycles. The fraction of sp³-hybridized carbons (Fsp3) is 0.250. The van der Waals surface area contributed by atoms with Gasteiger partial charge in [-0.05, 0) is 87.9 Å². The third-order valence-electron chi connectivity index (χ3n) is 10.1. The largest absolute Gasteiger partial charge is 0.507 e. The molecule has 0 atom stereocenters. The predicted octanol–water partition coefficient (Wildman–Crippen LogP) is 13.1. The number of phenols is 1. The fourth-order valence-corrected chi connectivity index (χ4v) is 6.96. The SMILES string of the molecule is CC(C)c1cc(-c2ccc(-c3ccccc3O)nc2-c2cccc3c2nc(-c2[c-]cccc2)n3-c2cc(C(C)C)cc(C(C)C)c2)cc(C(C)C)c1.[Pt]. The summed E-state index contributed by atoms with van der Waals surface area (Å²) < 4.78 is 2.30. The molecule has 0 aliphatic carbocycles. The van der Waals surface area contributed by atoms with Crippen LogP contribution in [0.4, 0.5) is 0 Å². The van der Waals surface area contributed by atoms with E-state index in [4.69, 9.17) is 9.97 Å².